The fourth-order valence-electron chi connectivity index (χ4n) is 7.23. The summed E-state index contributed by atoms with van der Waals surface area (Å²) in [5.41, 5.74) is 0.771. The Morgan fingerprint density at radius 3 is 2.90 bits per heavy atom. The molecule has 1 unspecified atom stereocenters. The van der Waals surface area contributed by atoms with Crippen molar-refractivity contribution in [3.8, 4) is 11.8 Å². The summed E-state index contributed by atoms with van der Waals surface area (Å²) in [6.07, 6.45) is 4.08. The molecule has 0 radical (unpaired) electrons. The molecule has 3 fully saturated rings. The maximum absolute atomic E-state index is 16.7. The van der Waals surface area contributed by atoms with Crippen LogP contribution in [0.3, 0.4) is 0 Å². The standard InChI is InChI=1S/C31H35ClF2N6O2/c1-35-21-6-4-11-38(13-9-21)29-22-16-23(32)28(40-14-15-41-25-8-3-2-7-24(25)40)26(34)27(22)36-30(37-29)42-19-31-10-5-12-39(31)18-20(33)17-31/h2-3,7-8,16,20-21H,1,4-6,9-15,17-19H2/t20-,21?,31+/m1/s1. The molecule has 7 rings (SSSR count). The lowest BCUT2D eigenvalue weighted by Crippen LogP contribution is -2.43. The van der Waals surface area contributed by atoms with Gasteiger partial charge in [0.15, 0.2) is 5.82 Å². The molecule has 4 aliphatic rings. The number of benzene rings is 2. The second-order valence-corrected chi connectivity index (χ2v) is 12.2. The number of rotatable bonds is 6. The first-order valence-electron chi connectivity index (χ1n) is 14.9. The lowest BCUT2D eigenvalue weighted by Gasteiger charge is -2.33. The molecular weight excluding hydrogens is 562 g/mol. The van der Waals surface area contributed by atoms with Crippen molar-refractivity contribution < 1.29 is 18.3 Å². The number of nitrogens with zero attached hydrogens (tertiary/aromatic N) is 6. The van der Waals surface area contributed by atoms with E-state index in [9.17, 15) is 4.39 Å². The minimum Gasteiger partial charge on any atom is -0.490 e. The van der Waals surface area contributed by atoms with E-state index in [4.69, 9.17) is 26.1 Å². The van der Waals surface area contributed by atoms with Gasteiger partial charge in [0.05, 0.1) is 34.5 Å². The molecule has 11 heteroatoms. The van der Waals surface area contributed by atoms with Gasteiger partial charge >= 0.3 is 6.01 Å². The zero-order valence-corrected chi connectivity index (χ0v) is 24.3. The van der Waals surface area contributed by atoms with Crippen molar-refractivity contribution in [2.24, 2.45) is 4.99 Å². The molecule has 42 heavy (non-hydrogen) atoms. The molecule has 1 aromatic heterocycles. The summed E-state index contributed by atoms with van der Waals surface area (Å²) >= 11 is 6.87. The molecule has 0 spiro atoms. The van der Waals surface area contributed by atoms with E-state index in [2.05, 4.69) is 26.5 Å². The van der Waals surface area contributed by atoms with Crippen LogP contribution in [-0.2, 0) is 0 Å². The number of hydrogen-bond donors (Lipinski definition) is 0. The summed E-state index contributed by atoms with van der Waals surface area (Å²) in [7, 11) is 0. The van der Waals surface area contributed by atoms with Gasteiger partial charge in [0.1, 0.15) is 36.5 Å². The van der Waals surface area contributed by atoms with Crippen molar-refractivity contribution in [3.63, 3.8) is 0 Å². The first-order valence-corrected chi connectivity index (χ1v) is 15.3. The Balaban J connectivity index is 1.32. The van der Waals surface area contributed by atoms with Gasteiger partial charge in [-0.05, 0) is 63.6 Å². The Morgan fingerprint density at radius 1 is 1.14 bits per heavy atom. The quantitative estimate of drug-likeness (QED) is 0.325. The molecule has 0 bridgehead atoms. The average Bonchev–Trinajstić information content (AvgIpc) is 3.40. The van der Waals surface area contributed by atoms with E-state index in [1.54, 1.807) is 6.07 Å². The maximum atomic E-state index is 16.7. The average molecular weight is 597 g/mol. The predicted molar refractivity (Wildman–Crippen MR) is 161 cm³/mol. The Hall–Kier alpha value is -3.24. The number of para-hydroxylation sites is 2. The van der Waals surface area contributed by atoms with Crippen molar-refractivity contribution >= 4 is 46.4 Å². The Kier molecular flexibility index (Phi) is 7.30. The molecule has 3 saturated heterocycles. The van der Waals surface area contributed by atoms with Crippen LogP contribution >= 0.6 is 11.6 Å². The summed E-state index contributed by atoms with van der Waals surface area (Å²) in [6.45, 7) is 7.55. The minimum atomic E-state index is -0.871. The van der Waals surface area contributed by atoms with Gasteiger partial charge in [-0.3, -0.25) is 9.89 Å². The van der Waals surface area contributed by atoms with Crippen molar-refractivity contribution in [1.29, 1.82) is 0 Å². The first-order chi connectivity index (χ1) is 20.5. The third kappa shape index (κ3) is 4.82. The Bertz CT molecular complexity index is 1510. The molecule has 2 aromatic carbocycles. The number of aliphatic imine (C=N–C) groups is 1. The van der Waals surface area contributed by atoms with Gasteiger partial charge in [-0.2, -0.15) is 9.97 Å². The molecule has 0 saturated carbocycles. The normalized spacial score (nSPS) is 26.1. The first kappa shape index (κ1) is 27.6. The van der Waals surface area contributed by atoms with E-state index in [1.165, 1.54) is 0 Å². The molecule has 3 atom stereocenters. The van der Waals surface area contributed by atoms with Crippen LogP contribution in [0.5, 0.6) is 11.8 Å². The highest BCUT2D eigenvalue weighted by atomic mass is 35.5. The molecule has 0 amide bonds. The minimum absolute atomic E-state index is 0.0956. The molecular formula is C31H35ClF2N6O2. The molecule has 0 aliphatic carbocycles. The van der Waals surface area contributed by atoms with Crippen LogP contribution in [0.4, 0.5) is 26.0 Å². The second-order valence-electron chi connectivity index (χ2n) is 11.8. The van der Waals surface area contributed by atoms with E-state index in [0.717, 1.165) is 50.9 Å². The fraction of sp³-hybridized carbons (Fsp3) is 0.516. The van der Waals surface area contributed by atoms with Crippen molar-refractivity contribution in [3.05, 3.63) is 41.2 Å². The number of aromatic nitrogens is 2. The van der Waals surface area contributed by atoms with Crippen LogP contribution in [0.1, 0.15) is 38.5 Å². The smallest absolute Gasteiger partial charge is 0.319 e. The molecule has 8 nitrogen and oxygen atoms in total. The fourth-order valence-corrected chi connectivity index (χ4v) is 7.52. The van der Waals surface area contributed by atoms with Gasteiger partial charge in [-0.1, -0.05) is 23.7 Å². The monoisotopic (exact) mass is 596 g/mol. The van der Waals surface area contributed by atoms with E-state index < -0.39 is 12.0 Å². The number of hydrogen-bond acceptors (Lipinski definition) is 8. The predicted octanol–water partition coefficient (Wildman–Crippen LogP) is 5.97. The summed E-state index contributed by atoms with van der Waals surface area (Å²) < 4.78 is 43.2. The molecule has 4 aliphatic heterocycles. The van der Waals surface area contributed by atoms with Gasteiger partial charge in [0.25, 0.3) is 0 Å². The number of ether oxygens (including phenoxy) is 2. The zero-order chi connectivity index (χ0) is 28.8. The highest BCUT2D eigenvalue weighted by Crippen LogP contribution is 2.45. The topological polar surface area (TPSA) is 66.3 Å². The van der Waals surface area contributed by atoms with Crippen LogP contribution < -0.4 is 19.3 Å². The van der Waals surface area contributed by atoms with E-state index in [-0.39, 0.29) is 40.4 Å². The number of halogens is 3. The van der Waals surface area contributed by atoms with E-state index in [1.807, 2.05) is 29.2 Å². The molecule has 5 heterocycles. The number of alkyl halides is 1. The number of fused-ring (bicyclic) bond motifs is 3. The van der Waals surface area contributed by atoms with Crippen LogP contribution in [0.25, 0.3) is 10.9 Å². The largest absolute Gasteiger partial charge is 0.490 e. The SMILES string of the molecule is C=NC1CCCN(c2nc(OC[C@@]34CCCN3C[C@H](F)C4)nc3c(F)c(N4CCOc5ccccc54)c(Cl)cc23)CC1. The van der Waals surface area contributed by atoms with Gasteiger partial charge in [0, 0.05) is 31.4 Å². The second kappa shape index (κ2) is 11.1. The van der Waals surface area contributed by atoms with E-state index in [0.29, 0.717) is 49.6 Å². The van der Waals surface area contributed by atoms with Crippen LogP contribution in [0, 0.1) is 5.82 Å². The summed E-state index contributed by atoms with van der Waals surface area (Å²) in [6, 6.07) is 9.57. The van der Waals surface area contributed by atoms with Gasteiger partial charge in [-0.25, -0.2) is 8.78 Å². The highest BCUT2D eigenvalue weighted by molar-refractivity contribution is 6.34. The summed E-state index contributed by atoms with van der Waals surface area (Å²) in [4.78, 5) is 19.9. The van der Waals surface area contributed by atoms with Crippen LogP contribution in [-0.4, -0.2) is 85.3 Å². The third-order valence-corrected chi connectivity index (χ3v) is 9.59. The molecule has 3 aromatic rings. The lowest BCUT2D eigenvalue weighted by atomic mass is 9.95. The van der Waals surface area contributed by atoms with Crippen LogP contribution in [0.2, 0.25) is 5.02 Å². The number of anilines is 3. The van der Waals surface area contributed by atoms with Crippen molar-refractivity contribution in [2.75, 3.05) is 55.7 Å². The Morgan fingerprint density at radius 2 is 2.02 bits per heavy atom. The molecule has 0 N–H and O–H groups in total. The van der Waals surface area contributed by atoms with Gasteiger partial charge in [0.2, 0.25) is 0 Å². The third-order valence-electron chi connectivity index (χ3n) is 9.30. The highest BCUT2D eigenvalue weighted by Gasteiger charge is 2.49. The molecule has 222 valence electrons. The zero-order valence-electron chi connectivity index (χ0n) is 23.6. The summed E-state index contributed by atoms with van der Waals surface area (Å²) in [5, 5.41) is 0.807. The van der Waals surface area contributed by atoms with Crippen molar-refractivity contribution in [1.82, 2.24) is 14.9 Å². The maximum Gasteiger partial charge on any atom is 0.319 e. The Labute approximate surface area is 249 Å². The summed E-state index contributed by atoms with van der Waals surface area (Å²) in [5.74, 6) is 0.725. The lowest BCUT2D eigenvalue weighted by molar-refractivity contribution is 0.107. The van der Waals surface area contributed by atoms with E-state index >= 15 is 4.39 Å². The van der Waals surface area contributed by atoms with Gasteiger partial charge < -0.3 is 19.3 Å². The van der Waals surface area contributed by atoms with Crippen molar-refractivity contribution in [2.45, 2.75) is 56.3 Å². The van der Waals surface area contributed by atoms with Crippen LogP contribution in [0.15, 0.2) is 35.3 Å². The van der Waals surface area contributed by atoms with Gasteiger partial charge in [-0.15, -0.1) is 0 Å².